The van der Waals surface area contributed by atoms with Gasteiger partial charge in [0.25, 0.3) is 0 Å². The first-order valence-corrected chi connectivity index (χ1v) is 13.1. The topological polar surface area (TPSA) is 73.8 Å². The maximum absolute atomic E-state index is 12.2. The number of aryl methyl sites for hydroxylation is 1. The fourth-order valence-corrected chi connectivity index (χ4v) is 5.26. The molecule has 0 atom stereocenters. The van der Waals surface area contributed by atoms with Gasteiger partial charge in [-0.15, -0.1) is 0 Å². The van der Waals surface area contributed by atoms with Crippen LogP contribution < -0.4 is 10.6 Å². The van der Waals surface area contributed by atoms with Crippen LogP contribution in [0, 0.1) is 0 Å². The first-order chi connectivity index (χ1) is 14.4. The molecule has 0 amide bonds. The molecule has 6 nitrogen and oxygen atoms in total. The van der Waals surface area contributed by atoms with E-state index in [9.17, 15) is 8.42 Å². The van der Waals surface area contributed by atoms with Gasteiger partial charge in [0.05, 0.1) is 5.75 Å². The largest absolute Gasteiger partial charge is 0.357 e. The molecule has 1 aliphatic heterocycles. The van der Waals surface area contributed by atoms with Crippen molar-refractivity contribution < 1.29 is 8.42 Å². The third-order valence-corrected chi connectivity index (χ3v) is 7.61. The van der Waals surface area contributed by atoms with Crippen molar-refractivity contribution in [3.8, 4) is 0 Å². The molecule has 1 fully saturated rings. The highest BCUT2D eigenvalue weighted by Gasteiger charge is 2.27. The minimum absolute atomic E-state index is 0.245. The molecular formula is C23H40N4O2S. The molecule has 1 aromatic carbocycles. The highest BCUT2D eigenvalue weighted by molar-refractivity contribution is 7.89. The fourth-order valence-electron chi connectivity index (χ4n) is 3.72. The van der Waals surface area contributed by atoms with Gasteiger partial charge >= 0.3 is 0 Å². The van der Waals surface area contributed by atoms with Crippen LogP contribution in [-0.2, 0) is 16.4 Å². The lowest BCUT2D eigenvalue weighted by Gasteiger charge is -2.32. The fraction of sp³-hybridized carbons (Fsp3) is 0.696. The number of benzene rings is 1. The molecule has 1 aliphatic rings. The maximum atomic E-state index is 12.2. The molecule has 7 heteroatoms. The second-order valence-corrected chi connectivity index (χ2v) is 10.5. The van der Waals surface area contributed by atoms with E-state index in [1.54, 1.807) is 4.31 Å². The monoisotopic (exact) mass is 436 g/mol. The third-order valence-electron chi connectivity index (χ3n) is 5.53. The van der Waals surface area contributed by atoms with Crippen LogP contribution in [0.25, 0.3) is 0 Å². The molecule has 1 aromatic rings. The van der Waals surface area contributed by atoms with Gasteiger partial charge < -0.3 is 10.6 Å². The highest BCUT2D eigenvalue weighted by atomic mass is 32.2. The van der Waals surface area contributed by atoms with Crippen molar-refractivity contribution in [1.29, 1.82) is 0 Å². The van der Waals surface area contributed by atoms with E-state index >= 15 is 0 Å². The summed E-state index contributed by atoms with van der Waals surface area (Å²) in [5.41, 5.74) is 2.73. The SMILES string of the molecule is CCCS(=O)(=O)N1CCC(NC(=NCCCc2ccc(C(C)C)cc2)NCC)CC1. The van der Waals surface area contributed by atoms with Crippen LogP contribution in [0.2, 0.25) is 0 Å². The zero-order valence-corrected chi connectivity index (χ0v) is 20.0. The summed E-state index contributed by atoms with van der Waals surface area (Å²) in [6, 6.07) is 9.16. The molecule has 2 N–H and O–H groups in total. The summed E-state index contributed by atoms with van der Waals surface area (Å²) in [7, 11) is -3.09. The minimum atomic E-state index is -3.09. The smallest absolute Gasteiger partial charge is 0.214 e. The van der Waals surface area contributed by atoms with Gasteiger partial charge in [-0.3, -0.25) is 4.99 Å². The Balaban J connectivity index is 1.79. The second kappa shape index (κ2) is 12.3. The summed E-state index contributed by atoms with van der Waals surface area (Å²) in [4.78, 5) is 4.73. The number of nitrogens with zero attached hydrogens (tertiary/aromatic N) is 2. The second-order valence-electron chi connectivity index (χ2n) is 8.39. The molecule has 1 heterocycles. The van der Waals surface area contributed by atoms with Crippen LogP contribution in [-0.4, -0.2) is 56.7 Å². The van der Waals surface area contributed by atoms with E-state index in [-0.39, 0.29) is 11.8 Å². The average Bonchev–Trinajstić information content (AvgIpc) is 2.72. The van der Waals surface area contributed by atoms with E-state index in [1.165, 1.54) is 11.1 Å². The Bertz CT molecular complexity index is 752. The van der Waals surface area contributed by atoms with E-state index in [4.69, 9.17) is 4.99 Å². The summed E-state index contributed by atoms with van der Waals surface area (Å²) >= 11 is 0. The van der Waals surface area contributed by atoms with E-state index in [2.05, 4.69) is 55.7 Å². The van der Waals surface area contributed by atoms with Crippen LogP contribution >= 0.6 is 0 Å². The Hall–Kier alpha value is -1.60. The van der Waals surface area contributed by atoms with Gasteiger partial charge in [-0.25, -0.2) is 12.7 Å². The standard InChI is InChI=1S/C23H40N4O2S/c1-5-18-30(28,29)27-16-13-22(14-17-27)26-23(24-6-2)25-15-7-8-20-9-11-21(12-10-20)19(3)4/h9-12,19,22H,5-8,13-18H2,1-4H3,(H2,24,25,26). The summed E-state index contributed by atoms with van der Waals surface area (Å²) in [5, 5.41) is 6.81. The van der Waals surface area contributed by atoms with Crippen molar-refractivity contribution in [2.45, 2.75) is 71.8 Å². The summed E-state index contributed by atoms with van der Waals surface area (Å²) in [5.74, 6) is 1.65. The molecule has 0 unspecified atom stereocenters. The van der Waals surface area contributed by atoms with E-state index < -0.39 is 10.0 Å². The molecule has 2 rings (SSSR count). The Morgan fingerprint density at radius 3 is 2.40 bits per heavy atom. The van der Waals surface area contributed by atoms with Crippen LogP contribution in [0.3, 0.4) is 0 Å². The first-order valence-electron chi connectivity index (χ1n) is 11.5. The Kier molecular flexibility index (Phi) is 10.1. The van der Waals surface area contributed by atoms with Crippen molar-refractivity contribution in [2.24, 2.45) is 4.99 Å². The van der Waals surface area contributed by atoms with Gasteiger partial charge in [-0.05, 0) is 56.1 Å². The number of nitrogens with one attached hydrogen (secondary N) is 2. The number of guanidine groups is 1. The van der Waals surface area contributed by atoms with Crippen LogP contribution in [0.1, 0.15) is 70.4 Å². The van der Waals surface area contributed by atoms with Crippen molar-refractivity contribution in [3.05, 3.63) is 35.4 Å². The molecule has 0 bridgehead atoms. The average molecular weight is 437 g/mol. The Morgan fingerprint density at radius 1 is 1.17 bits per heavy atom. The molecule has 0 aliphatic carbocycles. The quantitative estimate of drug-likeness (QED) is 0.334. The van der Waals surface area contributed by atoms with Gasteiger partial charge in [-0.2, -0.15) is 0 Å². The van der Waals surface area contributed by atoms with Gasteiger partial charge in [0.2, 0.25) is 10.0 Å². The normalized spacial score (nSPS) is 16.8. The molecular weight excluding hydrogens is 396 g/mol. The number of hydrogen-bond acceptors (Lipinski definition) is 3. The Labute approximate surface area is 183 Å². The highest BCUT2D eigenvalue weighted by Crippen LogP contribution is 2.16. The van der Waals surface area contributed by atoms with Crippen molar-refractivity contribution >= 4 is 16.0 Å². The number of piperidine rings is 1. The summed E-state index contributed by atoms with van der Waals surface area (Å²) in [6.07, 6.45) is 4.32. The molecule has 0 spiro atoms. The van der Waals surface area contributed by atoms with Crippen LogP contribution in [0.4, 0.5) is 0 Å². The van der Waals surface area contributed by atoms with Crippen LogP contribution in [0.5, 0.6) is 0 Å². The van der Waals surface area contributed by atoms with E-state index in [0.717, 1.165) is 44.7 Å². The Morgan fingerprint density at radius 2 is 1.83 bits per heavy atom. The number of sulfonamides is 1. The predicted molar refractivity (Wildman–Crippen MR) is 127 cm³/mol. The van der Waals surface area contributed by atoms with Gasteiger partial charge in [-0.1, -0.05) is 45.0 Å². The lowest BCUT2D eigenvalue weighted by atomic mass is 10.0. The molecule has 0 saturated carbocycles. The van der Waals surface area contributed by atoms with Crippen molar-refractivity contribution in [2.75, 3.05) is 31.9 Å². The molecule has 30 heavy (non-hydrogen) atoms. The lowest BCUT2D eigenvalue weighted by molar-refractivity contribution is 0.306. The maximum Gasteiger partial charge on any atom is 0.214 e. The van der Waals surface area contributed by atoms with Gasteiger partial charge in [0.15, 0.2) is 5.96 Å². The van der Waals surface area contributed by atoms with E-state index in [1.807, 2.05) is 6.92 Å². The van der Waals surface area contributed by atoms with Gasteiger partial charge in [0, 0.05) is 32.2 Å². The minimum Gasteiger partial charge on any atom is -0.357 e. The lowest BCUT2D eigenvalue weighted by Crippen LogP contribution is -2.50. The van der Waals surface area contributed by atoms with E-state index in [0.29, 0.717) is 25.4 Å². The number of hydrogen-bond donors (Lipinski definition) is 2. The van der Waals surface area contributed by atoms with Crippen molar-refractivity contribution in [3.63, 3.8) is 0 Å². The zero-order valence-electron chi connectivity index (χ0n) is 19.2. The third kappa shape index (κ3) is 7.91. The predicted octanol–water partition coefficient (Wildman–Crippen LogP) is 3.50. The molecule has 0 aromatic heterocycles. The summed E-state index contributed by atoms with van der Waals surface area (Å²) in [6.45, 7) is 11.2. The first kappa shape index (κ1) is 24.7. The summed E-state index contributed by atoms with van der Waals surface area (Å²) < 4.78 is 26.1. The van der Waals surface area contributed by atoms with Gasteiger partial charge in [0.1, 0.15) is 0 Å². The van der Waals surface area contributed by atoms with Crippen LogP contribution in [0.15, 0.2) is 29.3 Å². The number of aliphatic imine (C=N–C) groups is 1. The molecule has 0 radical (unpaired) electrons. The zero-order chi connectivity index (χ0) is 22.0. The van der Waals surface area contributed by atoms with Crippen molar-refractivity contribution in [1.82, 2.24) is 14.9 Å². The molecule has 1 saturated heterocycles. The molecule has 170 valence electrons. The number of rotatable bonds is 10.